The lowest BCUT2D eigenvalue weighted by Crippen LogP contribution is -2.11. The molecule has 0 radical (unpaired) electrons. The van der Waals surface area contributed by atoms with Crippen LogP contribution in [-0.2, 0) is 22.6 Å². The molecule has 3 rings (SSSR count). The molecule has 0 aliphatic heterocycles. The Labute approximate surface area is 156 Å². The zero-order valence-corrected chi connectivity index (χ0v) is 15.8. The molecule has 1 aromatic heterocycles. The number of aromatic nitrogens is 1. The van der Waals surface area contributed by atoms with Crippen molar-refractivity contribution in [2.45, 2.75) is 43.7 Å². The molecule has 4 nitrogen and oxygen atoms in total. The minimum atomic E-state index is -4.44. The first-order chi connectivity index (χ1) is 12.4. The highest BCUT2D eigenvalue weighted by atomic mass is 32.2. The maximum absolute atomic E-state index is 12.8. The summed E-state index contributed by atoms with van der Waals surface area (Å²) >= 11 is 0. The molecule has 0 unspecified atom stereocenters. The molecule has 2 N–H and O–H groups in total. The van der Waals surface area contributed by atoms with Gasteiger partial charge in [0.2, 0.25) is 10.0 Å². The van der Waals surface area contributed by atoms with Crippen LogP contribution in [0.4, 0.5) is 13.2 Å². The summed E-state index contributed by atoms with van der Waals surface area (Å²) in [6.07, 6.45) is -1.97. The Morgan fingerprint density at radius 1 is 1.15 bits per heavy atom. The third kappa shape index (κ3) is 4.16. The number of aryl methyl sites for hydroxylation is 1. The number of pyridine rings is 1. The highest BCUT2D eigenvalue weighted by Gasteiger charge is 2.57. The predicted molar refractivity (Wildman–Crippen MR) is 95.4 cm³/mol. The summed E-state index contributed by atoms with van der Waals surface area (Å²) in [4.78, 5) is 3.46. The van der Waals surface area contributed by atoms with Gasteiger partial charge in [-0.3, -0.25) is 4.98 Å². The second-order valence-electron chi connectivity index (χ2n) is 7.61. The minimum absolute atomic E-state index is 0.00297. The van der Waals surface area contributed by atoms with Gasteiger partial charge in [0.25, 0.3) is 0 Å². The van der Waals surface area contributed by atoms with Gasteiger partial charge in [-0.1, -0.05) is 26.0 Å². The van der Waals surface area contributed by atoms with Crippen LogP contribution in [0.1, 0.15) is 43.0 Å². The molecule has 27 heavy (non-hydrogen) atoms. The van der Waals surface area contributed by atoms with E-state index < -0.39 is 21.9 Å². The van der Waals surface area contributed by atoms with Crippen LogP contribution >= 0.6 is 0 Å². The van der Waals surface area contributed by atoms with E-state index in [1.54, 1.807) is 18.2 Å². The van der Waals surface area contributed by atoms with Gasteiger partial charge in [0.15, 0.2) is 0 Å². The van der Waals surface area contributed by atoms with Gasteiger partial charge in [0, 0.05) is 6.20 Å². The highest BCUT2D eigenvalue weighted by molar-refractivity contribution is 7.89. The summed E-state index contributed by atoms with van der Waals surface area (Å²) < 4.78 is 61.1. The summed E-state index contributed by atoms with van der Waals surface area (Å²) in [5.41, 5.74) is 0.764. The van der Waals surface area contributed by atoms with Crippen molar-refractivity contribution in [2.24, 2.45) is 16.5 Å². The Hall–Kier alpha value is -1.93. The van der Waals surface area contributed by atoms with Crippen LogP contribution in [0.2, 0.25) is 0 Å². The minimum Gasteiger partial charge on any atom is -0.252 e. The third-order valence-corrected chi connectivity index (χ3v) is 6.41. The molecule has 0 bridgehead atoms. The van der Waals surface area contributed by atoms with Gasteiger partial charge in [-0.15, -0.1) is 0 Å². The van der Waals surface area contributed by atoms with E-state index in [-0.39, 0.29) is 16.2 Å². The van der Waals surface area contributed by atoms with E-state index in [0.717, 1.165) is 18.1 Å². The van der Waals surface area contributed by atoms with Crippen LogP contribution in [0.5, 0.6) is 0 Å². The molecule has 1 fully saturated rings. The van der Waals surface area contributed by atoms with Gasteiger partial charge >= 0.3 is 6.18 Å². The number of nitrogens with zero attached hydrogens (tertiary/aromatic N) is 1. The van der Waals surface area contributed by atoms with Gasteiger partial charge in [-0.25, -0.2) is 13.6 Å². The lowest BCUT2D eigenvalue weighted by molar-refractivity contribution is -0.141. The highest BCUT2D eigenvalue weighted by Crippen LogP contribution is 2.66. The van der Waals surface area contributed by atoms with Crippen LogP contribution in [-0.4, -0.2) is 13.4 Å². The molecule has 146 valence electrons. The standard InChI is InChI=1S/C19H21F3N2O2S/c1-18(2)15(8-3-12-9-10-24-16(11-12)19(20,21)22)17(18)13-4-6-14(7-5-13)27(23,25)26/h4-7,9-11,15,17H,3,8H2,1-2H3,(H2,23,25,26)/t15-,17-/m1/s1. The van der Waals surface area contributed by atoms with Crippen LogP contribution in [0, 0.1) is 11.3 Å². The number of nitrogens with two attached hydrogens (primary N) is 1. The Bertz CT molecular complexity index is 938. The Morgan fingerprint density at radius 3 is 2.33 bits per heavy atom. The van der Waals surface area contributed by atoms with Gasteiger partial charge in [0.05, 0.1) is 4.90 Å². The maximum Gasteiger partial charge on any atom is 0.433 e. The smallest absolute Gasteiger partial charge is 0.252 e. The van der Waals surface area contributed by atoms with Crippen molar-refractivity contribution in [1.82, 2.24) is 4.98 Å². The molecule has 1 aliphatic carbocycles. The summed E-state index contributed by atoms with van der Waals surface area (Å²) in [6, 6.07) is 9.23. The third-order valence-electron chi connectivity index (χ3n) is 5.48. The first-order valence-electron chi connectivity index (χ1n) is 8.55. The molecule has 2 atom stereocenters. The van der Waals surface area contributed by atoms with Crippen molar-refractivity contribution in [3.05, 3.63) is 59.4 Å². The summed E-state index contributed by atoms with van der Waals surface area (Å²) in [6.45, 7) is 4.23. The normalized spacial score (nSPS) is 21.9. The second kappa shape index (κ2) is 6.60. The zero-order valence-electron chi connectivity index (χ0n) is 15.0. The van der Waals surface area contributed by atoms with Gasteiger partial charge in [-0.05, 0) is 65.5 Å². The topological polar surface area (TPSA) is 73.0 Å². The number of primary sulfonamides is 1. The van der Waals surface area contributed by atoms with Gasteiger partial charge < -0.3 is 0 Å². The number of halogens is 3. The average Bonchev–Trinajstić information content (AvgIpc) is 3.12. The van der Waals surface area contributed by atoms with Crippen molar-refractivity contribution >= 4 is 10.0 Å². The zero-order chi connectivity index (χ0) is 20.0. The lowest BCUT2D eigenvalue weighted by atomic mass is 10.0. The SMILES string of the molecule is CC1(C)[C@H](CCc2ccnc(C(F)(F)F)c2)[C@H]1c1ccc(S(N)(=O)=O)cc1. The number of sulfonamides is 1. The monoisotopic (exact) mass is 398 g/mol. The van der Waals surface area contributed by atoms with E-state index in [9.17, 15) is 21.6 Å². The van der Waals surface area contributed by atoms with E-state index in [4.69, 9.17) is 5.14 Å². The first-order valence-corrected chi connectivity index (χ1v) is 10.1. The quantitative estimate of drug-likeness (QED) is 0.823. The molecule has 1 aliphatic rings. The summed E-state index contributed by atoms with van der Waals surface area (Å²) in [7, 11) is -3.73. The fourth-order valence-electron chi connectivity index (χ4n) is 3.92. The number of benzene rings is 1. The van der Waals surface area contributed by atoms with Crippen molar-refractivity contribution in [3.63, 3.8) is 0 Å². The van der Waals surface area contributed by atoms with Gasteiger partial charge in [0.1, 0.15) is 5.69 Å². The van der Waals surface area contributed by atoms with Crippen LogP contribution in [0.15, 0.2) is 47.5 Å². The number of rotatable bonds is 5. The number of hydrogen-bond acceptors (Lipinski definition) is 3. The fraction of sp³-hybridized carbons (Fsp3) is 0.421. The molecule has 0 spiro atoms. The van der Waals surface area contributed by atoms with Crippen LogP contribution in [0.3, 0.4) is 0 Å². The molecule has 0 amide bonds. The fourth-order valence-corrected chi connectivity index (χ4v) is 4.43. The average molecular weight is 398 g/mol. The van der Waals surface area contributed by atoms with Crippen molar-refractivity contribution in [1.29, 1.82) is 0 Å². The molecule has 0 saturated heterocycles. The maximum atomic E-state index is 12.8. The first kappa shape index (κ1) is 19.8. The molecular formula is C19H21F3N2O2S. The Kier molecular flexibility index (Phi) is 4.84. The van der Waals surface area contributed by atoms with E-state index in [2.05, 4.69) is 18.8 Å². The van der Waals surface area contributed by atoms with E-state index in [0.29, 0.717) is 17.9 Å². The Morgan fingerprint density at radius 2 is 1.78 bits per heavy atom. The lowest BCUT2D eigenvalue weighted by Gasteiger charge is -2.08. The Balaban J connectivity index is 1.70. The largest absolute Gasteiger partial charge is 0.433 e. The molecule has 1 aromatic carbocycles. The van der Waals surface area contributed by atoms with E-state index in [1.165, 1.54) is 18.3 Å². The second-order valence-corrected chi connectivity index (χ2v) is 9.17. The molecule has 8 heteroatoms. The van der Waals surface area contributed by atoms with Crippen molar-refractivity contribution in [2.75, 3.05) is 0 Å². The summed E-state index contributed by atoms with van der Waals surface area (Å²) in [5.74, 6) is 0.538. The van der Waals surface area contributed by atoms with Crippen LogP contribution in [0.25, 0.3) is 0 Å². The number of hydrogen-bond donors (Lipinski definition) is 1. The number of alkyl halides is 3. The predicted octanol–water partition coefficient (Wildman–Crippen LogP) is 4.12. The molecule has 2 aromatic rings. The van der Waals surface area contributed by atoms with Gasteiger partial charge in [-0.2, -0.15) is 13.2 Å². The van der Waals surface area contributed by atoms with Crippen molar-refractivity contribution in [3.8, 4) is 0 Å². The summed E-state index contributed by atoms with van der Waals surface area (Å²) in [5, 5.41) is 5.12. The molecule has 1 saturated carbocycles. The molecule has 1 heterocycles. The van der Waals surface area contributed by atoms with E-state index >= 15 is 0 Å². The van der Waals surface area contributed by atoms with Crippen molar-refractivity contribution < 1.29 is 21.6 Å². The molecular weight excluding hydrogens is 377 g/mol. The van der Waals surface area contributed by atoms with Crippen LogP contribution < -0.4 is 5.14 Å². The van der Waals surface area contributed by atoms with E-state index in [1.807, 2.05) is 0 Å².